The predicted octanol–water partition coefficient (Wildman–Crippen LogP) is 14.2. The van der Waals surface area contributed by atoms with Crippen LogP contribution < -0.4 is 5.32 Å². The van der Waals surface area contributed by atoms with E-state index in [1.165, 1.54) is 89.9 Å². The van der Waals surface area contributed by atoms with E-state index in [1.54, 1.807) is 0 Å². The molecule has 0 radical (unpaired) electrons. The first kappa shape index (κ1) is 55.3. The molecule has 0 fully saturated rings. The lowest BCUT2D eigenvalue weighted by molar-refractivity contribution is -0.151. The molecule has 0 rings (SSSR count). The number of esters is 1. The van der Waals surface area contributed by atoms with Crippen LogP contribution in [0.2, 0.25) is 0 Å². The summed E-state index contributed by atoms with van der Waals surface area (Å²) in [5, 5.41) is 23.6. The van der Waals surface area contributed by atoms with E-state index in [4.69, 9.17) is 4.74 Å². The van der Waals surface area contributed by atoms with Crippen LogP contribution in [0.1, 0.15) is 220 Å². The Morgan fingerprint density at radius 3 is 1.47 bits per heavy atom. The number of aliphatic hydroxyl groups is 2. The normalized spacial score (nSPS) is 13.9. The van der Waals surface area contributed by atoms with Gasteiger partial charge >= 0.3 is 5.97 Å². The molecule has 0 aliphatic rings. The van der Waals surface area contributed by atoms with Gasteiger partial charge in [0.05, 0.1) is 25.2 Å². The number of nitrogens with one attached hydrogen (secondary N) is 1. The Labute approximate surface area is 358 Å². The molecule has 334 valence electrons. The second-order valence-corrected chi connectivity index (χ2v) is 16.3. The van der Waals surface area contributed by atoms with Crippen LogP contribution in [-0.2, 0) is 14.3 Å². The van der Waals surface area contributed by atoms with Gasteiger partial charge in [0, 0.05) is 6.42 Å². The van der Waals surface area contributed by atoms with Crippen molar-refractivity contribution in [3.63, 3.8) is 0 Å². The van der Waals surface area contributed by atoms with Crippen molar-refractivity contribution in [2.75, 3.05) is 6.61 Å². The smallest absolute Gasteiger partial charge is 0.306 e. The fourth-order valence-corrected chi connectivity index (χ4v) is 6.92. The van der Waals surface area contributed by atoms with Gasteiger partial charge in [-0.2, -0.15) is 0 Å². The van der Waals surface area contributed by atoms with Crippen LogP contribution in [0.3, 0.4) is 0 Å². The van der Waals surface area contributed by atoms with Crippen molar-refractivity contribution in [1.82, 2.24) is 5.32 Å². The molecular weight excluding hydrogens is 719 g/mol. The van der Waals surface area contributed by atoms with Crippen molar-refractivity contribution in [1.29, 1.82) is 0 Å². The van der Waals surface area contributed by atoms with Gasteiger partial charge in [0.1, 0.15) is 6.10 Å². The summed E-state index contributed by atoms with van der Waals surface area (Å²) in [6.45, 7) is 6.34. The van der Waals surface area contributed by atoms with E-state index in [2.05, 4.69) is 62.5 Å². The maximum Gasteiger partial charge on any atom is 0.306 e. The first-order valence-corrected chi connectivity index (χ1v) is 24.2. The number of allylic oxidation sites excluding steroid dienone is 12. The van der Waals surface area contributed by atoms with E-state index in [0.29, 0.717) is 19.3 Å². The monoisotopic (exact) mass is 810 g/mol. The predicted molar refractivity (Wildman–Crippen MR) is 250 cm³/mol. The second kappa shape index (κ2) is 45.4. The Kier molecular flexibility index (Phi) is 43.3. The van der Waals surface area contributed by atoms with Crippen LogP contribution in [0.25, 0.3) is 0 Å². The van der Waals surface area contributed by atoms with E-state index < -0.39 is 18.2 Å². The SMILES string of the molecule is CCC/C=C/C=C/C=C/C=C/C=C/CCCCCC(CC(=O)NC(CO)C(O)CCCCCCCCCCC)OC(=O)CCCCC/C=C\CCCCCCCCC. The number of unbranched alkanes of at least 4 members (excludes halogenated alkanes) is 22. The Morgan fingerprint density at radius 1 is 0.500 bits per heavy atom. The summed E-state index contributed by atoms with van der Waals surface area (Å²) >= 11 is 0. The van der Waals surface area contributed by atoms with Gasteiger partial charge in [0.25, 0.3) is 0 Å². The quantitative estimate of drug-likeness (QED) is 0.0247. The van der Waals surface area contributed by atoms with Gasteiger partial charge in [-0.25, -0.2) is 0 Å². The Hall–Kier alpha value is -2.70. The Bertz CT molecular complexity index is 1090. The number of carbonyl (C=O) groups excluding carboxylic acids is 2. The summed E-state index contributed by atoms with van der Waals surface area (Å²) in [7, 11) is 0. The minimum absolute atomic E-state index is 0.0406. The molecule has 0 saturated heterocycles. The summed E-state index contributed by atoms with van der Waals surface area (Å²) in [5.41, 5.74) is 0. The topological polar surface area (TPSA) is 95.9 Å². The van der Waals surface area contributed by atoms with Gasteiger partial charge in [0.15, 0.2) is 0 Å². The van der Waals surface area contributed by atoms with Crippen LogP contribution >= 0.6 is 0 Å². The maximum atomic E-state index is 13.1. The molecule has 6 nitrogen and oxygen atoms in total. The summed E-state index contributed by atoms with van der Waals surface area (Å²) < 4.78 is 5.89. The highest BCUT2D eigenvalue weighted by atomic mass is 16.5. The number of hydrogen-bond donors (Lipinski definition) is 3. The van der Waals surface area contributed by atoms with Crippen molar-refractivity contribution in [3.05, 3.63) is 72.9 Å². The van der Waals surface area contributed by atoms with Gasteiger partial charge in [-0.15, -0.1) is 0 Å². The zero-order valence-corrected chi connectivity index (χ0v) is 37.9. The number of aliphatic hydroxyl groups excluding tert-OH is 2. The van der Waals surface area contributed by atoms with Crippen molar-refractivity contribution in [3.8, 4) is 0 Å². The minimum atomic E-state index is -0.803. The molecule has 0 aromatic rings. The summed E-state index contributed by atoms with van der Waals surface area (Å²) in [5.74, 6) is -0.540. The van der Waals surface area contributed by atoms with Crippen LogP contribution in [0.15, 0.2) is 72.9 Å². The first-order chi connectivity index (χ1) is 28.5. The van der Waals surface area contributed by atoms with Gasteiger partial charge in [-0.05, 0) is 70.6 Å². The van der Waals surface area contributed by atoms with Gasteiger partial charge in [0.2, 0.25) is 5.91 Å². The fourth-order valence-electron chi connectivity index (χ4n) is 6.92. The highest BCUT2D eigenvalue weighted by molar-refractivity contribution is 5.77. The third kappa shape index (κ3) is 40.1. The molecule has 58 heavy (non-hydrogen) atoms. The summed E-state index contributed by atoms with van der Waals surface area (Å²) in [4.78, 5) is 26.0. The van der Waals surface area contributed by atoms with E-state index in [1.807, 2.05) is 36.5 Å². The standard InChI is InChI=1S/C52H91NO5/c1-4-7-10-13-16-19-21-23-25-26-27-29-32-34-37-40-43-48(58-52(57)45-42-39-36-33-30-28-24-22-20-17-14-11-8-5-2)46-51(56)53-49(47-54)50(55)44-41-38-35-31-18-15-12-9-6-3/h10,13,16,19,21,23,25-30,48-50,54-55H,4-9,11-12,14-15,17-18,20,22,24,31-47H2,1-3H3,(H,53,56)/b13-10+,19-16+,23-21+,26-25+,29-27+,30-28-. The summed E-state index contributed by atoms with van der Waals surface area (Å²) in [6.07, 6.45) is 56.7. The molecule has 0 spiro atoms. The van der Waals surface area contributed by atoms with Crippen molar-refractivity contribution >= 4 is 11.9 Å². The molecule has 0 heterocycles. The number of ether oxygens (including phenoxy) is 1. The molecule has 1 amide bonds. The number of hydrogen-bond acceptors (Lipinski definition) is 5. The average Bonchev–Trinajstić information content (AvgIpc) is 3.22. The lowest BCUT2D eigenvalue weighted by Gasteiger charge is -2.24. The van der Waals surface area contributed by atoms with Crippen LogP contribution in [0, 0.1) is 0 Å². The Morgan fingerprint density at radius 2 is 0.931 bits per heavy atom. The molecule has 3 atom stereocenters. The lowest BCUT2D eigenvalue weighted by Crippen LogP contribution is -2.46. The van der Waals surface area contributed by atoms with Gasteiger partial charge in [-0.1, -0.05) is 209 Å². The molecule has 0 saturated carbocycles. The van der Waals surface area contributed by atoms with Crippen molar-refractivity contribution in [2.24, 2.45) is 0 Å². The number of carbonyl (C=O) groups is 2. The molecule has 3 unspecified atom stereocenters. The van der Waals surface area contributed by atoms with E-state index in [-0.39, 0.29) is 24.9 Å². The fraction of sp³-hybridized carbons (Fsp3) is 0.731. The molecule has 0 aromatic carbocycles. The largest absolute Gasteiger partial charge is 0.462 e. The third-order valence-corrected chi connectivity index (χ3v) is 10.6. The van der Waals surface area contributed by atoms with E-state index in [9.17, 15) is 19.8 Å². The average molecular weight is 810 g/mol. The highest BCUT2D eigenvalue weighted by Crippen LogP contribution is 2.17. The van der Waals surface area contributed by atoms with Gasteiger partial charge in [-0.3, -0.25) is 9.59 Å². The van der Waals surface area contributed by atoms with Crippen LogP contribution in [0.5, 0.6) is 0 Å². The van der Waals surface area contributed by atoms with Crippen LogP contribution in [0.4, 0.5) is 0 Å². The maximum absolute atomic E-state index is 13.1. The van der Waals surface area contributed by atoms with E-state index >= 15 is 0 Å². The van der Waals surface area contributed by atoms with E-state index in [0.717, 1.165) is 83.5 Å². The molecular formula is C52H91NO5. The lowest BCUT2D eigenvalue weighted by atomic mass is 10.0. The number of rotatable bonds is 42. The first-order valence-electron chi connectivity index (χ1n) is 24.2. The zero-order valence-electron chi connectivity index (χ0n) is 37.9. The molecule has 6 heteroatoms. The molecule has 0 aliphatic heterocycles. The summed E-state index contributed by atoms with van der Waals surface area (Å²) in [6, 6.07) is -0.719. The number of amides is 1. The molecule has 3 N–H and O–H groups in total. The van der Waals surface area contributed by atoms with Crippen LogP contribution in [-0.4, -0.2) is 46.9 Å². The third-order valence-electron chi connectivity index (χ3n) is 10.6. The van der Waals surface area contributed by atoms with Crippen molar-refractivity contribution in [2.45, 2.75) is 238 Å². The molecule has 0 aromatic heterocycles. The Balaban J connectivity index is 4.74. The zero-order chi connectivity index (χ0) is 42.4. The van der Waals surface area contributed by atoms with Gasteiger partial charge < -0.3 is 20.3 Å². The highest BCUT2D eigenvalue weighted by Gasteiger charge is 2.24. The van der Waals surface area contributed by atoms with Crippen molar-refractivity contribution < 1.29 is 24.5 Å². The molecule has 0 aliphatic carbocycles. The minimum Gasteiger partial charge on any atom is -0.462 e. The molecule has 0 bridgehead atoms. The second-order valence-electron chi connectivity index (χ2n) is 16.3.